The summed E-state index contributed by atoms with van der Waals surface area (Å²) in [7, 11) is -3.22. The maximum Gasteiger partial charge on any atom is 0.175 e. The highest BCUT2D eigenvalue weighted by Gasteiger charge is 2.11. The van der Waals surface area contributed by atoms with Gasteiger partial charge in [0.25, 0.3) is 0 Å². The van der Waals surface area contributed by atoms with Crippen LogP contribution < -0.4 is 10.6 Å². The second kappa shape index (κ2) is 7.27. The van der Waals surface area contributed by atoms with Crippen molar-refractivity contribution in [2.24, 2.45) is 0 Å². The standard InChI is InChI=1S/C17H19FN2O2S2/c1-11-4-9-15(18)16(10-11)20-17(23)19-12(2)13-5-7-14(8-6-13)24(3,21)22/h4-10,12H,1-3H3,(H2,19,20,23)/t12-/m1/s1. The summed E-state index contributed by atoms with van der Waals surface area (Å²) in [6.45, 7) is 3.75. The van der Waals surface area contributed by atoms with Crippen LogP contribution in [0.5, 0.6) is 0 Å². The van der Waals surface area contributed by atoms with Gasteiger partial charge in [0.1, 0.15) is 5.82 Å². The number of halogens is 1. The zero-order valence-electron chi connectivity index (χ0n) is 13.6. The molecular formula is C17H19FN2O2S2. The zero-order valence-corrected chi connectivity index (χ0v) is 15.3. The van der Waals surface area contributed by atoms with E-state index >= 15 is 0 Å². The smallest absolute Gasteiger partial charge is 0.175 e. The fraction of sp³-hybridized carbons (Fsp3) is 0.235. The number of thiocarbonyl (C=S) groups is 1. The van der Waals surface area contributed by atoms with E-state index in [1.165, 1.54) is 12.3 Å². The molecule has 0 saturated heterocycles. The fourth-order valence-electron chi connectivity index (χ4n) is 2.18. The number of benzene rings is 2. The van der Waals surface area contributed by atoms with Crippen LogP contribution in [0.2, 0.25) is 0 Å². The largest absolute Gasteiger partial charge is 0.356 e. The van der Waals surface area contributed by atoms with Gasteiger partial charge in [-0.05, 0) is 61.5 Å². The maximum atomic E-state index is 13.7. The molecule has 0 saturated carbocycles. The van der Waals surface area contributed by atoms with E-state index in [2.05, 4.69) is 10.6 Å². The lowest BCUT2D eigenvalue weighted by Crippen LogP contribution is -2.31. The molecule has 0 aliphatic rings. The quantitative estimate of drug-likeness (QED) is 0.810. The average Bonchev–Trinajstić information content (AvgIpc) is 2.50. The van der Waals surface area contributed by atoms with Gasteiger partial charge in [0, 0.05) is 6.26 Å². The van der Waals surface area contributed by atoms with Crippen molar-refractivity contribution in [3.8, 4) is 0 Å². The summed E-state index contributed by atoms with van der Waals surface area (Å²) in [5, 5.41) is 6.18. The second-order valence-corrected chi connectivity index (χ2v) is 8.07. The van der Waals surface area contributed by atoms with E-state index in [0.717, 1.165) is 11.1 Å². The number of sulfone groups is 1. The summed E-state index contributed by atoms with van der Waals surface area (Å²) in [5.41, 5.74) is 2.11. The van der Waals surface area contributed by atoms with Gasteiger partial charge in [0.15, 0.2) is 14.9 Å². The molecule has 0 spiro atoms. The molecule has 24 heavy (non-hydrogen) atoms. The van der Waals surface area contributed by atoms with E-state index in [1.54, 1.807) is 36.4 Å². The third kappa shape index (κ3) is 4.75. The third-order valence-corrected chi connectivity index (χ3v) is 4.87. The predicted molar refractivity (Wildman–Crippen MR) is 98.5 cm³/mol. The molecule has 0 aliphatic carbocycles. The SMILES string of the molecule is Cc1ccc(F)c(NC(=S)N[C@H](C)c2ccc(S(C)(=O)=O)cc2)c1. The zero-order chi connectivity index (χ0) is 17.9. The van der Waals surface area contributed by atoms with Gasteiger partial charge < -0.3 is 10.6 Å². The van der Waals surface area contributed by atoms with Crippen molar-refractivity contribution >= 4 is 32.9 Å². The van der Waals surface area contributed by atoms with E-state index in [1.807, 2.05) is 13.8 Å². The van der Waals surface area contributed by atoms with Crippen LogP contribution in [0, 0.1) is 12.7 Å². The third-order valence-electron chi connectivity index (χ3n) is 3.53. The lowest BCUT2D eigenvalue weighted by atomic mass is 10.1. The number of aryl methyl sites for hydroxylation is 1. The number of hydrogen-bond donors (Lipinski definition) is 2. The monoisotopic (exact) mass is 366 g/mol. The van der Waals surface area contributed by atoms with Gasteiger partial charge in [-0.25, -0.2) is 12.8 Å². The molecule has 0 amide bonds. The van der Waals surface area contributed by atoms with Crippen molar-refractivity contribution in [1.82, 2.24) is 5.32 Å². The van der Waals surface area contributed by atoms with Gasteiger partial charge >= 0.3 is 0 Å². The van der Waals surface area contributed by atoms with Crippen LogP contribution in [0.4, 0.5) is 10.1 Å². The highest BCUT2D eigenvalue weighted by Crippen LogP contribution is 2.18. The Morgan fingerprint density at radius 1 is 1.17 bits per heavy atom. The van der Waals surface area contributed by atoms with Crippen LogP contribution in [0.1, 0.15) is 24.1 Å². The molecule has 1 atom stereocenters. The lowest BCUT2D eigenvalue weighted by Gasteiger charge is -2.18. The first kappa shape index (κ1) is 18.4. The molecule has 2 rings (SSSR count). The highest BCUT2D eigenvalue weighted by atomic mass is 32.2. The first-order valence-corrected chi connectivity index (χ1v) is 9.60. The number of nitrogens with one attached hydrogen (secondary N) is 2. The average molecular weight is 366 g/mol. The number of hydrogen-bond acceptors (Lipinski definition) is 3. The summed E-state index contributed by atoms with van der Waals surface area (Å²) < 4.78 is 36.7. The Labute approximate surface area is 147 Å². The topological polar surface area (TPSA) is 58.2 Å². The normalized spacial score (nSPS) is 12.5. The van der Waals surface area contributed by atoms with Crippen LogP contribution in [0.3, 0.4) is 0 Å². The predicted octanol–water partition coefficient (Wildman–Crippen LogP) is 3.59. The molecule has 0 heterocycles. The van der Waals surface area contributed by atoms with Crippen molar-refractivity contribution in [2.45, 2.75) is 24.8 Å². The van der Waals surface area contributed by atoms with E-state index in [9.17, 15) is 12.8 Å². The highest BCUT2D eigenvalue weighted by molar-refractivity contribution is 7.90. The van der Waals surface area contributed by atoms with Crippen LogP contribution >= 0.6 is 12.2 Å². The van der Waals surface area contributed by atoms with E-state index < -0.39 is 9.84 Å². The maximum absolute atomic E-state index is 13.7. The molecule has 128 valence electrons. The first-order chi connectivity index (χ1) is 11.2. The molecule has 2 N–H and O–H groups in total. The molecule has 0 aromatic heterocycles. The number of anilines is 1. The summed E-state index contributed by atoms with van der Waals surface area (Å²) in [6, 6.07) is 11.1. The molecule has 7 heteroatoms. The van der Waals surface area contributed by atoms with E-state index in [4.69, 9.17) is 12.2 Å². The van der Waals surface area contributed by atoms with Gasteiger partial charge in [-0.15, -0.1) is 0 Å². The molecule has 0 fully saturated rings. The van der Waals surface area contributed by atoms with Crippen molar-refractivity contribution in [2.75, 3.05) is 11.6 Å². The van der Waals surface area contributed by atoms with Gasteiger partial charge in [0.05, 0.1) is 16.6 Å². The Kier molecular flexibility index (Phi) is 5.56. The van der Waals surface area contributed by atoms with Crippen LogP contribution in [-0.4, -0.2) is 19.8 Å². The fourth-order valence-corrected chi connectivity index (χ4v) is 3.09. The minimum Gasteiger partial charge on any atom is -0.356 e. The molecule has 0 bridgehead atoms. The Bertz CT molecular complexity index is 849. The summed E-state index contributed by atoms with van der Waals surface area (Å²) in [6.07, 6.45) is 1.17. The Morgan fingerprint density at radius 3 is 2.38 bits per heavy atom. The van der Waals surface area contributed by atoms with Gasteiger partial charge in [-0.1, -0.05) is 18.2 Å². The molecule has 0 aliphatic heterocycles. The van der Waals surface area contributed by atoms with Gasteiger partial charge in [0.2, 0.25) is 0 Å². The minimum absolute atomic E-state index is 0.161. The Morgan fingerprint density at radius 2 is 1.79 bits per heavy atom. The molecule has 0 radical (unpaired) electrons. The summed E-state index contributed by atoms with van der Waals surface area (Å²) in [4.78, 5) is 0.265. The number of rotatable bonds is 4. The van der Waals surface area contributed by atoms with Crippen molar-refractivity contribution in [3.63, 3.8) is 0 Å². The van der Waals surface area contributed by atoms with Crippen LogP contribution in [0.25, 0.3) is 0 Å². The molecule has 0 unspecified atom stereocenters. The molecular weight excluding hydrogens is 347 g/mol. The van der Waals surface area contributed by atoms with E-state index in [0.29, 0.717) is 10.8 Å². The Balaban J connectivity index is 2.05. The summed E-state index contributed by atoms with van der Waals surface area (Å²) >= 11 is 5.22. The van der Waals surface area contributed by atoms with E-state index in [-0.39, 0.29) is 16.8 Å². The summed E-state index contributed by atoms with van der Waals surface area (Å²) in [5.74, 6) is -0.380. The molecule has 2 aromatic carbocycles. The van der Waals surface area contributed by atoms with Crippen molar-refractivity contribution in [3.05, 3.63) is 59.4 Å². The van der Waals surface area contributed by atoms with Crippen LogP contribution in [-0.2, 0) is 9.84 Å². The van der Waals surface area contributed by atoms with Crippen LogP contribution in [0.15, 0.2) is 47.4 Å². The lowest BCUT2D eigenvalue weighted by molar-refractivity contribution is 0.601. The first-order valence-electron chi connectivity index (χ1n) is 7.30. The molecule has 4 nitrogen and oxygen atoms in total. The van der Waals surface area contributed by atoms with Crippen molar-refractivity contribution in [1.29, 1.82) is 0 Å². The second-order valence-electron chi connectivity index (χ2n) is 5.64. The van der Waals surface area contributed by atoms with Crippen molar-refractivity contribution < 1.29 is 12.8 Å². The minimum atomic E-state index is -3.22. The Hall–Kier alpha value is -1.99. The molecule has 2 aromatic rings. The van der Waals surface area contributed by atoms with Gasteiger partial charge in [-0.3, -0.25) is 0 Å². The van der Waals surface area contributed by atoms with Gasteiger partial charge in [-0.2, -0.15) is 0 Å².